The van der Waals surface area contributed by atoms with E-state index in [4.69, 9.17) is 9.84 Å². The van der Waals surface area contributed by atoms with Crippen molar-refractivity contribution in [1.82, 2.24) is 4.90 Å². The highest BCUT2D eigenvalue weighted by Crippen LogP contribution is 2.33. The number of nitrogens with zero attached hydrogens (tertiary/aromatic N) is 2. The zero-order chi connectivity index (χ0) is 18.0. The molecule has 2 heterocycles. The highest BCUT2D eigenvalue weighted by molar-refractivity contribution is 6.00. The molecular weight excluding hydrogens is 324 g/mol. The van der Waals surface area contributed by atoms with E-state index in [-0.39, 0.29) is 37.2 Å². The number of hydrogen-bond donors (Lipinski definition) is 1. The monoisotopic (exact) mass is 346 g/mol. The summed E-state index contributed by atoms with van der Waals surface area (Å²) in [6.45, 7) is 2.54. The lowest BCUT2D eigenvalue weighted by Crippen LogP contribution is -2.46. The van der Waals surface area contributed by atoms with Crippen LogP contribution in [0, 0.1) is 0 Å². The van der Waals surface area contributed by atoms with Crippen molar-refractivity contribution in [2.75, 3.05) is 18.0 Å². The second kappa shape index (κ2) is 7.13. The third-order valence-electron chi connectivity index (χ3n) is 4.73. The molecule has 1 N–H and O–H groups in total. The normalized spacial score (nSPS) is 22.5. The van der Waals surface area contributed by atoms with Gasteiger partial charge < -0.3 is 19.6 Å². The molecule has 1 saturated heterocycles. The van der Waals surface area contributed by atoms with Gasteiger partial charge in [-0.05, 0) is 31.9 Å². The number of carbonyl (C=O) groups is 3. The number of aliphatic carboxylic acids is 1. The minimum absolute atomic E-state index is 0.0257. The van der Waals surface area contributed by atoms with Gasteiger partial charge in [0, 0.05) is 25.6 Å². The smallest absolute Gasteiger partial charge is 0.305 e. The lowest BCUT2D eigenvalue weighted by Gasteiger charge is -2.33. The summed E-state index contributed by atoms with van der Waals surface area (Å²) in [5.74, 6) is -0.536. The average Bonchev–Trinajstić information content (AvgIpc) is 3.02. The third-order valence-corrected chi connectivity index (χ3v) is 4.73. The van der Waals surface area contributed by atoms with Crippen LogP contribution < -0.4 is 9.64 Å². The van der Waals surface area contributed by atoms with Crippen LogP contribution in [0.2, 0.25) is 0 Å². The van der Waals surface area contributed by atoms with Crippen LogP contribution in [0.1, 0.15) is 32.6 Å². The summed E-state index contributed by atoms with van der Waals surface area (Å²) in [6, 6.07) is 7.02. The van der Waals surface area contributed by atoms with Crippen molar-refractivity contribution in [1.29, 1.82) is 0 Å². The lowest BCUT2D eigenvalue weighted by molar-refractivity contribution is -0.139. The molecule has 0 radical (unpaired) electrons. The van der Waals surface area contributed by atoms with Gasteiger partial charge in [0.2, 0.25) is 5.91 Å². The molecule has 0 spiro atoms. The Balaban J connectivity index is 1.67. The quantitative estimate of drug-likeness (QED) is 0.876. The van der Waals surface area contributed by atoms with Gasteiger partial charge in [0.1, 0.15) is 5.75 Å². The fourth-order valence-corrected chi connectivity index (χ4v) is 3.52. The molecule has 3 rings (SSSR count). The SMILES string of the molecule is CC1Oc2ccccc2N(CCC(=O)N2CCCC2CC(=O)O)C1=O. The first-order valence-electron chi connectivity index (χ1n) is 8.55. The minimum Gasteiger partial charge on any atom is -0.481 e. The van der Waals surface area contributed by atoms with E-state index in [2.05, 4.69) is 0 Å². The van der Waals surface area contributed by atoms with Crippen LogP contribution in [0.25, 0.3) is 0 Å². The topological polar surface area (TPSA) is 87.2 Å². The Kier molecular flexibility index (Phi) is 4.92. The fourth-order valence-electron chi connectivity index (χ4n) is 3.52. The number of benzene rings is 1. The summed E-state index contributed by atoms with van der Waals surface area (Å²) >= 11 is 0. The van der Waals surface area contributed by atoms with Gasteiger partial charge in [-0.25, -0.2) is 0 Å². The standard InChI is InChI=1S/C18H22N2O5/c1-12-18(24)20(14-6-2-3-7-15(14)25-12)10-8-16(21)19-9-4-5-13(19)11-17(22)23/h2-3,6-7,12-13H,4-5,8-11H2,1H3,(H,22,23). The summed E-state index contributed by atoms with van der Waals surface area (Å²) in [4.78, 5) is 39.1. The van der Waals surface area contributed by atoms with Crippen LogP contribution in [0.4, 0.5) is 5.69 Å². The molecule has 7 heteroatoms. The van der Waals surface area contributed by atoms with E-state index >= 15 is 0 Å². The second-order valence-corrected chi connectivity index (χ2v) is 6.45. The predicted octanol–water partition coefficient (Wildman–Crippen LogP) is 1.66. The Morgan fingerprint density at radius 2 is 2.08 bits per heavy atom. The number of fused-ring (bicyclic) bond motifs is 1. The highest BCUT2D eigenvalue weighted by Gasteiger charge is 2.34. The van der Waals surface area contributed by atoms with Gasteiger partial charge in [-0.1, -0.05) is 12.1 Å². The molecular formula is C18H22N2O5. The van der Waals surface area contributed by atoms with Gasteiger partial charge in [0.25, 0.3) is 5.91 Å². The number of likely N-dealkylation sites (tertiary alicyclic amines) is 1. The highest BCUT2D eigenvalue weighted by atomic mass is 16.5. The molecule has 134 valence electrons. The van der Waals surface area contributed by atoms with Crippen LogP contribution in [0.5, 0.6) is 5.75 Å². The molecule has 1 aromatic rings. The molecule has 0 aromatic heterocycles. The first-order chi connectivity index (χ1) is 12.0. The van der Waals surface area contributed by atoms with Gasteiger partial charge in [0.15, 0.2) is 6.10 Å². The summed E-state index contributed by atoms with van der Waals surface area (Å²) in [5.41, 5.74) is 0.668. The average molecular weight is 346 g/mol. The number of amides is 2. The largest absolute Gasteiger partial charge is 0.481 e. The second-order valence-electron chi connectivity index (χ2n) is 6.45. The zero-order valence-corrected chi connectivity index (χ0v) is 14.2. The van der Waals surface area contributed by atoms with Gasteiger partial charge >= 0.3 is 5.97 Å². The molecule has 0 aliphatic carbocycles. The van der Waals surface area contributed by atoms with E-state index in [0.29, 0.717) is 24.4 Å². The van der Waals surface area contributed by atoms with Crippen molar-refractivity contribution in [3.63, 3.8) is 0 Å². The number of ether oxygens (including phenoxy) is 1. The maximum absolute atomic E-state index is 12.5. The maximum atomic E-state index is 12.5. The van der Waals surface area contributed by atoms with Crippen molar-refractivity contribution in [2.24, 2.45) is 0 Å². The van der Waals surface area contributed by atoms with Crippen molar-refractivity contribution < 1.29 is 24.2 Å². The zero-order valence-electron chi connectivity index (χ0n) is 14.2. The molecule has 0 saturated carbocycles. The Morgan fingerprint density at radius 1 is 1.32 bits per heavy atom. The van der Waals surface area contributed by atoms with Crippen LogP contribution in [-0.2, 0) is 14.4 Å². The Morgan fingerprint density at radius 3 is 2.84 bits per heavy atom. The van der Waals surface area contributed by atoms with Crippen molar-refractivity contribution in [3.05, 3.63) is 24.3 Å². The number of rotatable bonds is 5. The number of carboxylic acids is 1. The van der Waals surface area contributed by atoms with E-state index in [1.807, 2.05) is 12.1 Å². The van der Waals surface area contributed by atoms with Crippen molar-refractivity contribution >= 4 is 23.5 Å². The third kappa shape index (κ3) is 3.60. The summed E-state index contributed by atoms with van der Waals surface area (Å²) in [6.07, 6.45) is 1.09. The first kappa shape index (κ1) is 17.3. The van der Waals surface area contributed by atoms with Crippen molar-refractivity contribution in [3.8, 4) is 5.75 Å². The van der Waals surface area contributed by atoms with Crippen LogP contribution in [0.15, 0.2) is 24.3 Å². The van der Waals surface area contributed by atoms with E-state index in [0.717, 1.165) is 6.42 Å². The number of carbonyl (C=O) groups excluding carboxylic acids is 2. The van der Waals surface area contributed by atoms with E-state index in [1.165, 1.54) is 0 Å². The Labute approximate surface area is 146 Å². The molecule has 2 atom stereocenters. The molecule has 2 aliphatic heterocycles. The number of hydrogen-bond acceptors (Lipinski definition) is 4. The number of carboxylic acid groups (broad SMARTS) is 1. The molecule has 1 fully saturated rings. The van der Waals surface area contributed by atoms with Crippen LogP contribution in [0.3, 0.4) is 0 Å². The predicted molar refractivity (Wildman–Crippen MR) is 90.5 cm³/mol. The molecule has 0 bridgehead atoms. The molecule has 7 nitrogen and oxygen atoms in total. The minimum atomic E-state index is -0.893. The molecule has 2 amide bonds. The van der Waals surface area contributed by atoms with Gasteiger partial charge in [0.05, 0.1) is 12.1 Å². The van der Waals surface area contributed by atoms with Gasteiger partial charge in [-0.2, -0.15) is 0 Å². The Bertz CT molecular complexity index is 690. The Hall–Kier alpha value is -2.57. The number of anilines is 1. The van der Waals surface area contributed by atoms with Gasteiger partial charge in [-0.3, -0.25) is 14.4 Å². The molecule has 2 unspecified atom stereocenters. The van der Waals surface area contributed by atoms with Crippen LogP contribution in [-0.4, -0.2) is 53.0 Å². The van der Waals surface area contributed by atoms with Crippen molar-refractivity contribution in [2.45, 2.75) is 44.8 Å². The summed E-state index contributed by atoms with van der Waals surface area (Å²) in [5, 5.41) is 8.98. The van der Waals surface area contributed by atoms with E-state index in [9.17, 15) is 14.4 Å². The summed E-state index contributed by atoms with van der Waals surface area (Å²) in [7, 11) is 0. The van der Waals surface area contributed by atoms with Gasteiger partial charge in [-0.15, -0.1) is 0 Å². The number of para-hydroxylation sites is 2. The molecule has 25 heavy (non-hydrogen) atoms. The first-order valence-corrected chi connectivity index (χ1v) is 8.55. The van der Waals surface area contributed by atoms with E-state index < -0.39 is 12.1 Å². The molecule has 1 aromatic carbocycles. The summed E-state index contributed by atoms with van der Waals surface area (Å²) < 4.78 is 5.59. The van der Waals surface area contributed by atoms with Crippen LogP contribution >= 0.6 is 0 Å². The lowest BCUT2D eigenvalue weighted by atomic mass is 10.1. The fraction of sp³-hybridized carbons (Fsp3) is 0.500. The molecule has 2 aliphatic rings. The van der Waals surface area contributed by atoms with E-state index in [1.54, 1.807) is 28.9 Å². The maximum Gasteiger partial charge on any atom is 0.305 e.